The lowest BCUT2D eigenvalue weighted by Crippen LogP contribution is -2.12. The highest BCUT2D eigenvalue weighted by molar-refractivity contribution is 9.10. The fraction of sp³-hybridized carbons (Fsp3) is 0.200. The summed E-state index contributed by atoms with van der Waals surface area (Å²) in [5.41, 5.74) is 5.50. The van der Waals surface area contributed by atoms with E-state index in [4.69, 9.17) is 10.5 Å². The molecule has 2 nitrogen and oxygen atoms in total. The van der Waals surface area contributed by atoms with E-state index in [0.717, 1.165) is 16.1 Å². The molecule has 0 atom stereocenters. The van der Waals surface area contributed by atoms with Gasteiger partial charge in [0, 0.05) is 11.0 Å². The minimum Gasteiger partial charge on any atom is -0.489 e. The van der Waals surface area contributed by atoms with Gasteiger partial charge in [0.25, 0.3) is 0 Å². The van der Waals surface area contributed by atoms with Gasteiger partial charge in [0.2, 0.25) is 0 Å². The van der Waals surface area contributed by atoms with Crippen LogP contribution >= 0.6 is 15.9 Å². The topological polar surface area (TPSA) is 35.2 Å². The number of nitrogens with two attached hydrogens (primary N) is 1. The van der Waals surface area contributed by atoms with E-state index in [2.05, 4.69) is 15.9 Å². The molecule has 0 radical (unpaired) electrons. The number of halogens is 4. The summed E-state index contributed by atoms with van der Waals surface area (Å²) >= 11 is 3.31. The first-order valence-electron chi connectivity index (χ1n) is 6.17. The second-order valence-electron chi connectivity index (χ2n) is 4.44. The van der Waals surface area contributed by atoms with Crippen molar-refractivity contribution in [3.63, 3.8) is 0 Å². The van der Waals surface area contributed by atoms with Gasteiger partial charge >= 0.3 is 6.18 Å². The molecule has 0 saturated carbocycles. The van der Waals surface area contributed by atoms with Crippen LogP contribution in [0.3, 0.4) is 0 Å². The van der Waals surface area contributed by atoms with Gasteiger partial charge < -0.3 is 10.5 Å². The summed E-state index contributed by atoms with van der Waals surface area (Å²) in [5, 5.41) is 0. The molecule has 2 rings (SSSR count). The van der Waals surface area contributed by atoms with Crippen LogP contribution in [0.2, 0.25) is 0 Å². The molecule has 0 amide bonds. The van der Waals surface area contributed by atoms with Crippen LogP contribution in [0.5, 0.6) is 5.75 Å². The normalized spacial score (nSPS) is 11.5. The van der Waals surface area contributed by atoms with Crippen LogP contribution < -0.4 is 10.5 Å². The number of rotatable bonds is 4. The summed E-state index contributed by atoms with van der Waals surface area (Å²) in [4.78, 5) is 0. The Morgan fingerprint density at radius 2 is 1.71 bits per heavy atom. The Hall–Kier alpha value is -1.53. The lowest BCUT2D eigenvalue weighted by atomic mass is 10.1. The molecule has 2 aromatic rings. The third-order valence-corrected chi connectivity index (χ3v) is 3.45. The second kappa shape index (κ2) is 6.49. The van der Waals surface area contributed by atoms with E-state index < -0.39 is 11.7 Å². The SMILES string of the molecule is NCc1ccc(OCc2ccc(Br)cc2)cc1C(F)(F)F. The maximum absolute atomic E-state index is 12.9. The van der Waals surface area contributed by atoms with Crippen LogP contribution in [-0.4, -0.2) is 0 Å². The fourth-order valence-corrected chi connectivity index (χ4v) is 2.10. The van der Waals surface area contributed by atoms with Gasteiger partial charge in [-0.15, -0.1) is 0 Å². The van der Waals surface area contributed by atoms with Crippen LogP contribution in [0.15, 0.2) is 46.9 Å². The molecular weight excluding hydrogens is 347 g/mol. The van der Waals surface area contributed by atoms with E-state index in [0.29, 0.717) is 0 Å². The molecule has 21 heavy (non-hydrogen) atoms. The van der Waals surface area contributed by atoms with Crippen molar-refractivity contribution in [2.45, 2.75) is 19.3 Å². The van der Waals surface area contributed by atoms with Crippen molar-refractivity contribution >= 4 is 15.9 Å². The van der Waals surface area contributed by atoms with E-state index in [1.54, 1.807) is 0 Å². The summed E-state index contributed by atoms with van der Waals surface area (Å²) in [5.74, 6) is 0.169. The molecule has 0 spiro atoms. The summed E-state index contributed by atoms with van der Waals surface area (Å²) in [6.07, 6.45) is -4.44. The Kier molecular flexibility index (Phi) is 4.90. The van der Waals surface area contributed by atoms with Gasteiger partial charge in [-0.25, -0.2) is 0 Å². The van der Waals surface area contributed by atoms with E-state index in [1.165, 1.54) is 12.1 Å². The molecular formula is C15H13BrF3NO. The maximum Gasteiger partial charge on any atom is 0.416 e. The molecule has 112 valence electrons. The second-order valence-corrected chi connectivity index (χ2v) is 5.35. The van der Waals surface area contributed by atoms with Crippen molar-refractivity contribution in [3.8, 4) is 5.75 Å². The van der Waals surface area contributed by atoms with E-state index >= 15 is 0 Å². The lowest BCUT2D eigenvalue weighted by Gasteiger charge is -2.14. The van der Waals surface area contributed by atoms with Crippen LogP contribution in [-0.2, 0) is 19.3 Å². The zero-order valence-corrected chi connectivity index (χ0v) is 12.5. The molecule has 2 N–H and O–H groups in total. The highest BCUT2D eigenvalue weighted by atomic mass is 79.9. The smallest absolute Gasteiger partial charge is 0.416 e. The minimum absolute atomic E-state index is 0.0542. The van der Waals surface area contributed by atoms with Crippen molar-refractivity contribution in [2.24, 2.45) is 5.73 Å². The Morgan fingerprint density at radius 3 is 2.29 bits per heavy atom. The van der Waals surface area contributed by atoms with Crippen molar-refractivity contribution < 1.29 is 17.9 Å². The lowest BCUT2D eigenvalue weighted by molar-refractivity contribution is -0.138. The first-order valence-corrected chi connectivity index (χ1v) is 6.97. The van der Waals surface area contributed by atoms with E-state index in [9.17, 15) is 13.2 Å². The van der Waals surface area contributed by atoms with E-state index in [-0.39, 0.29) is 24.5 Å². The van der Waals surface area contributed by atoms with Crippen molar-refractivity contribution in [3.05, 3.63) is 63.6 Å². The van der Waals surface area contributed by atoms with Gasteiger partial charge in [-0.2, -0.15) is 13.2 Å². The quantitative estimate of drug-likeness (QED) is 0.871. The van der Waals surface area contributed by atoms with Crippen LogP contribution in [0.25, 0.3) is 0 Å². The number of ether oxygens (including phenoxy) is 1. The average molecular weight is 360 g/mol. The van der Waals surface area contributed by atoms with Gasteiger partial charge in [0.15, 0.2) is 0 Å². The highest BCUT2D eigenvalue weighted by Crippen LogP contribution is 2.34. The van der Waals surface area contributed by atoms with Gasteiger partial charge in [-0.3, -0.25) is 0 Å². The molecule has 2 aromatic carbocycles. The minimum atomic E-state index is -4.44. The summed E-state index contributed by atoms with van der Waals surface area (Å²) in [6.45, 7) is 0.0361. The molecule has 6 heteroatoms. The van der Waals surface area contributed by atoms with Crippen molar-refractivity contribution in [2.75, 3.05) is 0 Å². The predicted octanol–water partition coefficient (Wildman–Crippen LogP) is 4.51. The first-order chi connectivity index (χ1) is 9.90. The molecule has 0 bridgehead atoms. The molecule has 0 unspecified atom stereocenters. The predicted molar refractivity (Wildman–Crippen MR) is 77.8 cm³/mol. The van der Waals surface area contributed by atoms with Crippen molar-refractivity contribution in [1.29, 1.82) is 0 Å². The summed E-state index contributed by atoms with van der Waals surface area (Å²) < 4.78 is 45.1. The Labute approximate surface area is 128 Å². The van der Waals surface area contributed by atoms with Crippen LogP contribution in [0, 0.1) is 0 Å². The summed E-state index contributed by atoms with van der Waals surface area (Å²) in [7, 11) is 0. The average Bonchev–Trinajstić information content (AvgIpc) is 2.45. The molecule has 0 aliphatic rings. The zero-order valence-electron chi connectivity index (χ0n) is 11.0. The third-order valence-electron chi connectivity index (χ3n) is 2.93. The largest absolute Gasteiger partial charge is 0.489 e. The Morgan fingerprint density at radius 1 is 1.05 bits per heavy atom. The molecule has 0 fully saturated rings. The molecule has 0 aliphatic heterocycles. The Balaban J connectivity index is 2.15. The number of alkyl halides is 3. The standard InChI is InChI=1S/C15H13BrF3NO/c16-12-4-1-10(2-5-12)9-21-13-6-3-11(8-20)14(7-13)15(17,18)19/h1-7H,8-9,20H2. The van der Waals surface area contributed by atoms with Gasteiger partial charge in [0.1, 0.15) is 12.4 Å². The third kappa shape index (κ3) is 4.22. The van der Waals surface area contributed by atoms with Gasteiger partial charge in [-0.1, -0.05) is 34.1 Å². The van der Waals surface area contributed by atoms with Crippen molar-refractivity contribution in [1.82, 2.24) is 0 Å². The number of benzene rings is 2. The van der Waals surface area contributed by atoms with Crippen LogP contribution in [0.4, 0.5) is 13.2 Å². The maximum atomic E-state index is 12.9. The molecule has 0 aromatic heterocycles. The van der Waals surface area contributed by atoms with Crippen LogP contribution in [0.1, 0.15) is 16.7 Å². The zero-order chi connectivity index (χ0) is 15.5. The highest BCUT2D eigenvalue weighted by Gasteiger charge is 2.33. The van der Waals surface area contributed by atoms with Gasteiger partial charge in [0.05, 0.1) is 5.56 Å². The monoisotopic (exact) mass is 359 g/mol. The van der Waals surface area contributed by atoms with E-state index in [1.807, 2.05) is 24.3 Å². The molecule has 0 heterocycles. The number of hydrogen-bond acceptors (Lipinski definition) is 2. The summed E-state index contributed by atoms with van der Waals surface area (Å²) in [6, 6.07) is 11.2. The first kappa shape index (κ1) is 15.9. The van der Waals surface area contributed by atoms with Gasteiger partial charge in [-0.05, 0) is 35.4 Å². The molecule has 0 aliphatic carbocycles. The fourth-order valence-electron chi connectivity index (χ4n) is 1.83. The molecule has 0 saturated heterocycles. The number of hydrogen-bond donors (Lipinski definition) is 1. The Bertz CT molecular complexity index is 611.